The molecule has 1 aliphatic rings. The van der Waals surface area contributed by atoms with Crippen LogP contribution in [0.1, 0.15) is 52.4 Å². The minimum absolute atomic E-state index is 0.208. The molecule has 1 saturated carbocycles. The molecule has 1 fully saturated rings. The third kappa shape index (κ3) is 4.96. The van der Waals surface area contributed by atoms with Crippen LogP contribution in [0.15, 0.2) is 0 Å². The van der Waals surface area contributed by atoms with Gasteiger partial charge in [-0.1, -0.05) is 49.0 Å². The molecule has 2 nitrogen and oxygen atoms in total. The highest BCUT2D eigenvalue weighted by Crippen LogP contribution is 2.23. The molecular weight excluding hydrogens is 266 g/mol. The molecule has 0 aliphatic heterocycles. The molecule has 0 radical (unpaired) electrons. The highest BCUT2D eigenvalue weighted by Gasteiger charge is 2.24. The smallest absolute Gasteiger partial charge is 0.125 e. The van der Waals surface area contributed by atoms with Crippen LogP contribution in [0, 0.1) is 5.41 Å². The van der Waals surface area contributed by atoms with Crippen LogP contribution in [0.4, 0.5) is 0 Å². The molecule has 0 heterocycles. The maximum Gasteiger partial charge on any atom is 0.125 e. The van der Waals surface area contributed by atoms with Gasteiger partial charge in [0.15, 0.2) is 0 Å². The molecule has 16 heavy (non-hydrogen) atoms. The number of rotatable bonds is 6. The number of hydrogen-bond donors (Lipinski definition) is 1. The lowest BCUT2D eigenvalue weighted by atomic mass is 9.87. The van der Waals surface area contributed by atoms with Crippen LogP contribution < -0.4 is 5.32 Å². The summed E-state index contributed by atoms with van der Waals surface area (Å²) < 4.78 is 0. The van der Waals surface area contributed by atoms with E-state index in [2.05, 4.69) is 21.2 Å². The van der Waals surface area contributed by atoms with Gasteiger partial charge in [0, 0.05) is 22.8 Å². The largest absolute Gasteiger partial charge is 0.310 e. The standard InChI is InChI=1S/C13H24BrNO/c1-13(2,10-16)8-12(9-14)15-11-6-4-3-5-7-11/h10-12,15H,3-9H2,1-2H3. The Morgan fingerprint density at radius 3 is 2.50 bits per heavy atom. The first-order valence-corrected chi connectivity index (χ1v) is 7.48. The van der Waals surface area contributed by atoms with E-state index in [0.29, 0.717) is 12.1 Å². The molecule has 1 unspecified atom stereocenters. The third-order valence-electron chi connectivity index (χ3n) is 3.35. The van der Waals surface area contributed by atoms with Gasteiger partial charge in [0.25, 0.3) is 0 Å². The fourth-order valence-electron chi connectivity index (χ4n) is 2.44. The number of hydrogen-bond acceptors (Lipinski definition) is 2. The summed E-state index contributed by atoms with van der Waals surface area (Å²) in [6.07, 6.45) is 8.67. The summed E-state index contributed by atoms with van der Waals surface area (Å²) in [6.45, 7) is 4.02. The van der Waals surface area contributed by atoms with E-state index >= 15 is 0 Å². The molecule has 1 aliphatic carbocycles. The van der Waals surface area contributed by atoms with Crippen molar-refractivity contribution in [3.63, 3.8) is 0 Å². The molecule has 0 aromatic carbocycles. The van der Waals surface area contributed by atoms with Crippen molar-refractivity contribution in [3.05, 3.63) is 0 Å². The Morgan fingerprint density at radius 2 is 2.00 bits per heavy atom. The predicted octanol–water partition coefficient (Wildman–Crippen LogP) is 3.29. The van der Waals surface area contributed by atoms with Crippen LogP contribution >= 0.6 is 15.9 Å². The van der Waals surface area contributed by atoms with Crippen molar-refractivity contribution in [1.82, 2.24) is 5.32 Å². The van der Waals surface area contributed by atoms with Crippen LogP contribution in [0.25, 0.3) is 0 Å². The Labute approximate surface area is 108 Å². The number of alkyl halides is 1. The Bertz CT molecular complexity index is 212. The summed E-state index contributed by atoms with van der Waals surface area (Å²) in [5.41, 5.74) is -0.208. The summed E-state index contributed by atoms with van der Waals surface area (Å²) in [5.74, 6) is 0. The zero-order chi connectivity index (χ0) is 12.0. The highest BCUT2D eigenvalue weighted by atomic mass is 79.9. The number of carbonyl (C=O) groups excluding carboxylic acids is 1. The van der Waals surface area contributed by atoms with Gasteiger partial charge in [0.1, 0.15) is 6.29 Å². The second-order valence-electron chi connectivity index (χ2n) is 5.66. The summed E-state index contributed by atoms with van der Waals surface area (Å²) in [6, 6.07) is 1.09. The van der Waals surface area contributed by atoms with Gasteiger partial charge in [0.05, 0.1) is 0 Å². The SMILES string of the molecule is CC(C)(C=O)CC(CBr)NC1CCCCC1. The van der Waals surface area contributed by atoms with Crippen LogP contribution in [-0.4, -0.2) is 23.7 Å². The molecule has 0 bridgehead atoms. The van der Waals surface area contributed by atoms with Gasteiger partial charge >= 0.3 is 0 Å². The van der Waals surface area contributed by atoms with Crippen molar-refractivity contribution in [2.45, 2.75) is 64.5 Å². The van der Waals surface area contributed by atoms with Crippen molar-refractivity contribution < 1.29 is 4.79 Å². The molecule has 0 aromatic rings. The number of carbonyl (C=O) groups is 1. The van der Waals surface area contributed by atoms with E-state index in [1.54, 1.807) is 0 Å². The van der Waals surface area contributed by atoms with Gasteiger partial charge in [-0.3, -0.25) is 0 Å². The maximum absolute atomic E-state index is 10.9. The molecule has 1 atom stereocenters. The molecule has 94 valence electrons. The summed E-state index contributed by atoms with van der Waals surface area (Å²) in [7, 11) is 0. The van der Waals surface area contributed by atoms with E-state index < -0.39 is 0 Å². The molecule has 0 aromatic heterocycles. The van der Waals surface area contributed by atoms with Crippen LogP contribution in [0.2, 0.25) is 0 Å². The summed E-state index contributed by atoms with van der Waals surface area (Å²) >= 11 is 3.55. The second kappa shape index (κ2) is 6.75. The normalized spacial score (nSPS) is 20.7. The van der Waals surface area contributed by atoms with Crippen molar-refractivity contribution >= 4 is 22.2 Å². The lowest BCUT2D eigenvalue weighted by molar-refractivity contribution is -0.115. The van der Waals surface area contributed by atoms with Gasteiger partial charge in [-0.15, -0.1) is 0 Å². The molecule has 0 spiro atoms. The van der Waals surface area contributed by atoms with E-state index in [9.17, 15) is 4.79 Å². The van der Waals surface area contributed by atoms with E-state index in [-0.39, 0.29) is 5.41 Å². The predicted molar refractivity (Wildman–Crippen MR) is 72.1 cm³/mol. The van der Waals surface area contributed by atoms with Gasteiger partial charge in [0.2, 0.25) is 0 Å². The van der Waals surface area contributed by atoms with Gasteiger partial charge < -0.3 is 10.1 Å². The lowest BCUT2D eigenvalue weighted by Gasteiger charge is -2.30. The first kappa shape index (κ1) is 14.2. The van der Waals surface area contributed by atoms with Gasteiger partial charge in [-0.25, -0.2) is 0 Å². The van der Waals surface area contributed by atoms with Crippen LogP contribution in [0.5, 0.6) is 0 Å². The Hall–Kier alpha value is 0.110. The van der Waals surface area contributed by atoms with E-state index in [1.807, 2.05) is 13.8 Å². The van der Waals surface area contributed by atoms with Crippen molar-refractivity contribution in [3.8, 4) is 0 Å². The average Bonchev–Trinajstić information content (AvgIpc) is 2.29. The van der Waals surface area contributed by atoms with E-state index in [0.717, 1.165) is 18.0 Å². The zero-order valence-corrected chi connectivity index (χ0v) is 12.1. The van der Waals surface area contributed by atoms with E-state index in [1.165, 1.54) is 32.1 Å². The quantitative estimate of drug-likeness (QED) is 0.601. The first-order chi connectivity index (χ1) is 7.57. The van der Waals surface area contributed by atoms with Crippen LogP contribution in [-0.2, 0) is 4.79 Å². The monoisotopic (exact) mass is 289 g/mol. The Morgan fingerprint density at radius 1 is 1.38 bits per heavy atom. The Kier molecular flexibility index (Phi) is 5.98. The van der Waals surface area contributed by atoms with E-state index in [4.69, 9.17) is 0 Å². The summed E-state index contributed by atoms with van der Waals surface area (Å²) in [5, 5.41) is 4.62. The second-order valence-corrected chi connectivity index (χ2v) is 6.31. The maximum atomic E-state index is 10.9. The van der Waals surface area contributed by atoms with Crippen LogP contribution in [0.3, 0.4) is 0 Å². The zero-order valence-electron chi connectivity index (χ0n) is 10.5. The number of nitrogens with one attached hydrogen (secondary N) is 1. The minimum atomic E-state index is -0.208. The summed E-state index contributed by atoms with van der Waals surface area (Å²) in [4.78, 5) is 10.9. The molecular formula is C13H24BrNO. The molecule has 0 amide bonds. The Balaban J connectivity index is 2.38. The lowest BCUT2D eigenvalue weighted by Crippen LogP contribution is -2.43. The van der Waals surface area contributed by atoms with Crippen molar-refractivity contribution in [1.29, 1.82) is 0 Å². The van der Waals surface area contributed by atoms with Crippen molar-refractivity contribution in [2.75, 3.05) is 5.33 Å². The molecule has 0 saturated heterocycles. The number of halogens is 1. The molecule has 1 N–H and O–H groups in total. The van der Waals surface area contributed by atoms with Gasteiger partial charge in [-0.2, -0.15) is 0 Å². The van der Waals surface area contributed by atoms with Gasteiger partial charge in [-0.05, 0) is 19.3 Å². The average molecular weight is 290 g/mol. The topological polar surface area (TPSA) is 29.1 Å². The molecule has 3 heteroatoms. The fourth-order valence-corrected chi connectivity index (χ4v) is 2.86. The number of aldehydes is 1. The first-order valence-electron chi connectivity index (χ1n) is 6.36. The fraction of sp³-hybridized carbons (Fsp3) is 0.923. The highest BCUT2D eigenvalue weighted by molar-refractivity contribution is 9.09. The minimum Gasteiger partial charge on any atom is -0.310 e. The third-order valence-corrected chi connectivity index (χ3v) is 4.14. The molecule has 1 rings (SSSR count). The van der Waals surface area contributed by atoms with Crippen molar-refractivity contribution in [2.24, 2.45) is 5.41 Å².